The Morgan fingerprint density at radius 1 is 1.41 bits per heavy atom. The van der Waals surface area contributed by atoms with Crippen LogP contribution in [0.25, 0.3) is 0 Å². The molecule has 0 saturated carbocycles. The number of hydrogen-bond acceptors (Lipinski definition) is 4. The summed E-state index contributed by atoms with van der Waals surface area (Å²) in [6.07, 6.45) is 0. The number of nitro benzene ring substituents is 1. The fourth-order valence-electron chi connectivity index (χ4n) is 1.99. The Kier molecular flexibility index (Phi) is 3.71. The molecule has 0 unspecified atom stereocenters. The maximum absolute atomic E-state index is 10.5. The molecule has 0 spiro atoms. The molecule has 2 rings (SSSR count). The van der Waals surface area contributed by atoms with Crippen molar-refractivity contribution in [1.29, 1.82) is 0 Å². The van der Waals surface area contributed by atoms with Gasteiger partial charge in [0.25, 0.3) is 5.69 Å². The number of hydrogen-bond donors (Lipinski definition) is 1. The molecule has 1 aliphatic rings. The van der Waals surface area contributed by atoms with E-state index in [1.807, 2.05) is 12.1 Å². The van der Waals surface area contributed by atoms with E-state index in [9.17, 15) is 10.1 Å². The van der Waals surface area contributed by atoms with Crippen LogP contribution in [0.3, 0.4) is 0 Å². The smallest absolute Gasteiger partial charge is 0.269 e. The van der Waals surface area contributed by atoms with Crippen LogP contribution >= 0.6 is 0 Å². The molecule has 1 aromatic rings. The Balaban J connectivity index is 1.99. The van der Waals surface area contributed by atoms with Crippen molar-refractivity contribution in [3.8, 4) is 0 Å². The predicted molar refractivity (Wildman–Crippen MR) is 65.8 cm³/mol. The second kappa shape index (κ2) is 5.25. The fraction of sp³-hybridized carbons (Fsp3) is 0.500. The van der Waals surface area contributed by atoms with Crippen LogP contribution in [0.4, 0.5) is 5.69 Å². The Hall–Kier alpha value is -1.46. The average Bonchev–Trinajstić information content (AvgIpc) is 2.26. The van der Waals surface area contributed by atoms with Gasteiger partial charge in [0, 0.05) is 37.8 Å². The van der Waals surface area contributed by atoms with Gasteiger partial charge in [0.2, 0.25) is 0 Å². The minimum atomic E-state index is -0.364. The molecule has 0 bridgehead atoms. The first-order valence-corrected chi connectivity index (χ1v) is 5.89. The number of benzene rings is 1. The van der Waals surface area contributed by atoms with E-state index < -0.39 is 0 Å². The summed E-state index contributed by atoms with van der Waals surface area (Å²) in [6.45, 7) is 6.09. The van der Waals surface area contributed by atoms with Crippen molar-refractivity contribution >= 4 is 5.69 Å². The second-order valence-corrected chi connectivity index (χ2v) is 4.30. The second-order valence-electron chi connectivity index (χ2n) is 4.30. The van der Waals surface area contributed by atoms with Crippen molar-refractivity contribution in [3.05, 3.63) is 39.9 Å². The van der Waals surface area contributed by atoms with E-state index >= 15 is 0 Å². The number of likely N-dealkylation sites (N-methyl/N-ethyl adjacent to an activating group) is 1. The lowest BCUT2D eigenvalue weighted by molar-refractivity contribution is -0.384. The van der Waals surface area contributed by atoms with Crippen LogP contribution < -0.4 is 5.32 Å². The quantitative estimate of drug-likeness (QED) is 0.619. The van der Waals surface area contributed by atoms with Gasteiger partial charge < -0.3 is 5.32 Å². The normalized spacial score (nSPS) is 15.9. The zero-order chi connectivity index (χ0) is 12.3. The SMILES string of the molecule is CCN(Cc1ccc([N+](=O)[O-])cc1)C1CNC1. The highest BCUT2D eigenvalue weighted by Gasteiger charge is 2.23. The molecule has 1 aliphatic heterocycles. The lowest BCUT2D eigenvalue weighted by Gasteiger charge is -2.37. The van der Waals surface area contributed by atoms with Crippen LogP contribution in [0, 0.1) is 10.1 Å². The van der Waals surface area contributed by atoms with E-state index in [0.29, 0.717) is 6.04 Å². The van der Waals surface area contributed by atoms with Crippen molar-refractivity contribution < 1.29 is 4.92 Å². The summed E-state index contributed by atoms with van der Waals surface area (Å²) in [7, 11) is 0. The summed E-state index contributed by atoms with van der Waals surface area (Å²) in [4.78, 5) is 12.6. The Labute approximate surface area is 101 Å². The third-order valence-corrected chi connectivity index (χ3v) is 3.22. The number of rotatable bonds is 5. The molecule has 0 amide bonds. The number of non-ortho nitro benzene ring substituents is 1. The fourth-order valence-corrected chi connectivity index (χ4v) is 1.99. The van der Waals surface area contributed by atoms with Gasteiger partial charge in [-0.2, -0.15) is 0 Å². The first kappa shape index (κ1) is 12.0. The standard InChI is InChI=1S/C12H17N3O2/c1-2-14(12-7-13-8-12)9-10-3-5-11(6-4-10)15(16)17/h3-6,12-13H,2,7-9H2,1H3. The van der Waals surface area contributed by atoms with Crippen LogP contribution in [0.1, 0.15) is 12.5 Å². The highest BCUT2D eigenvalue weighted by molar-refractivity contribution is 5.32. The molecular formula is C12H17N3O2. The highest BCUT2D eigenvalue weighted by Crippen LogP contribution is 2.15. The summed E-state index contributed by atoms with van der Waals surface area (Å²) < 4.78 is 0. The molecular weight excluding hydrogens is 218 g/mol. The molecule has 0 aromatic heterocycles. The summed E-state index contributed by atoms with van der Waals surface area (Å²) in [6, 6.07) is 7.43. The Morgan fingerprint density at radius 2 is 2.06 bits per heavy atom. The topological polar surface area (TPSA) is 58.4 Å². The molecule has 92 valence electrons. The third kappa shape index (κ3) is 2.81. The molecule has 1 aromatic carbocycles. The van der Waals surface area contributed by atoms with Gasteiger partial charge >= 0.3 is 0 Å². The minimum absolute atomic E-state index is 0.155. The Morgan fingerprint density at radius 3 is 2.47 bits per heavy atom. The zero-order valence-corrected chi connectivity index (χ0v) is 9.93. The van der Waals surface area contributed by atoms with Gasteiger partial charge in [0.15, 0.2) is 0 Å². The van der Waals surface area contributed by atoms with E-state index in [1.165, 1.54) is 0 Å². The molecule has 1 heterocycles. The van der Waals surface area contributed by atoms with Gasteiger partial charge in [-0.3, -0.25) is 15.0 Å². The van der Waals surface area contributed by atoms with Crippen LogP contribution in [0.5, 0.6) is 0 Å². The lowest BCUT2D eigenvalue weighted by atomic mass is 10.1. The molecule has 0 atom stereocenters. The maximum atomic E-state index is 10.5. The van der Waals surface area contributed by atoms with Gasteiger partial charge in [-0.05, 0) is 12.1 Å². The molecule has 1 N–H and O–H groups in total. The number of nitrogens with one attached hydrogen (secondary N) is 1. The van der Waals surface area contributed by atoms with Gasteiger partial charge in [0.05, 0.1) is 4.92 Å². The van der Waals surface area contributed by atoms with E-state index in [4.69, 9.17) is 0 Å². The van der Waals surface area contributed by atoms with Crippen molar-refractivity contribution in [1.82, 2.24) is 10.2 Å². The summed E-state index contributed by atoms with van der Waals surface area (Å²) in [5.74, 6) is 0. The van der Waals surface area contributed by atoms with E-state index in [1.54, 1.807) is 12.1 Å². The first-order chi connectivity index (χ1) is 8.20. The predicted octanol–water partition coefficient (Wildman–Crippen LogP) is 1.39. The van der Waals surface area contributed by atoms with Crippen molar-refractivity contribution in [2.45, 2.75) is 19.5 Å². The minimum Gasteiger partial charge on any atom is -0.314 e. The molecule has 1 saturated heterocycles. The third-order valence-electron chi connectivity index (χ3n) is 3.22. The van der Waals surface area contributed by atoms with Gasteiger partial charge in [0.1, 0.15) is 0 Å². The molecule has 0 aliphatic carbocycles. The molecule has 17 heavy (non-hydrogen) atoms. The Bertz CT molecular complexity index is 387. The first-order valence-electron chi connectivity index (χ1n) is 5.89. The summed E-state index contributed by atoms with van der Waals surface area (Å²) >= 11 is 0. The zero-order valence-electron chi connectivity index (χ0n) is 9.93. The average molecular weight is 235 g/mol. The monoisotopic (exact) mass is 235 g/mol. The number of nitro groups is 1. The van der Waals surface area contributed by atoms with Crippen molar-refractivity contribution in [2.75, 3.05) is 19.6 Å². The molecule has 0 radical (unpaired) electrons. The summed E-state index contributed by atoms with van der Waals surface area (Å²) in [5, 5.41) is 13.8. The van der Waals surface area contributed by atoms with Crippen LogP contribution in [0.15, 0.2) is 24.3 Å². The molecule has 5 heteroatoms. The van der Waals surface area contributed by atoms with E-state index in [-0.39, 0.29) is 10.6 Å². The number of nitrogens with zero attached hydrogens (tertiary/aromatic N) is 2. The van der Waals surface area contributed by atoms with Crippen molar-refractivity contribution in [2.24, 2.45) is 0 Å². The molecule has 1 fully saturated rings. The largest absolute Gasteiger partial charge is 0.314 e. The maximum Gasteiger partial charge on any atom is 0.269 e. The van der Waals surface area contributed by atoms with E-state index in [2.05, 4.69) is 17.1 Å². The van der Waals surface area contributed by atoms with Gasteiger partial charge in [-0.25, -0.2) is 0 Å². The lowest BCUT2D eigenvalue weighted by Crippen LogP contribution is -2.56. The molecule has 5 nitrogen and oxygen atoms in total. The van der Waals surface area contributed by atoms with Gasteiger partial charge in [-0.15, -0.1) is 0 Å². The summed E-state index contributed by atoms with van der Waals surface area (Å²) in [5.41, 5.74) is 1.28. The van der Waals surface area contributed by atoms with Crippen LogP contribution in [-0.4, -0.2) is 35.5 Å². The van der Waals surface area contributed by atoms with Crippen molar-refractivity contribution in [3.63, 3.8) is 0 Å². The van der Waals surface area contributed by atoms with Crippen LogP contribution in [0.2, 0.25) is 0 Å². The van der Waals surface area contributed by atoms with E-state index in [0.717, 1.165) is 31.7 Å². The van der Waals surface area contributed by atoms with Crippen LogP contribution in [-0.2, 0) is 6.54 Å². The highest BCUT2D eigenvalue weighted by atomic mass is 16.6. The van der Waals surface area contributed by atoms with Gasteiger partial charge in [-0.1, -0.05) is 19.1 Å².